The molecule has 10 aromatic rings. The Morgan fingerprint density at radius 3 is 1.38 bits per heavy atom. The highest BCUT2D eigenvalue weighted by atomic mass is 15.1. The zero-order valence-electron chi connectivity index (χ0n) is 38.8. The van der Waals surface area contributed by atoms with E-state index in [0.717, 1.165) is 0 Å². The first-order chi connectivity index (χ1) is 33.3. The summed E-state index contributed by atoms with van der Waals surface area (Å²) in [6, 6.07) is 85.0. The molecule has 0 saturated carbocycles. The lowest BCUT2D eigenvalue weighted by atomic mass is 9.70. The summed E-state index contributed by atoms with van der Waals surface area (Å²) in [5, 5.41) is 0. The number of benzene rings is 10. The van der Waals surface area contributed by atoms with Gasteiger partial charge in [-0.3, -0.25) is 0 Å². The molecule has 0 N–H and O–H groups in total. The van der Waals surface area contributed by atoms with Gasteiger partial charge >= 0.3 is 0 Å². The second-order valence-corrected chi connectivity index (χ2v) is 20.3. The van der Waals surface area contributed by atoms with Gasteiger partial charge in [0.1, 0.15) is 0 Å². The molecule has 1 atom stereocenters. The van der Waals surface area contributed by atoms with E-state index in [1.54, 1.807) is 0 Å². The highest BCUT2D eigenvalue weighted by molar-refractivity contribution is 6.05. The van der Waals surface area contributed by atoms with Gasteiger partial charge in [-0.1, -0.05) is 222 Å². The maximum atomic E-state index is 2.62. The second kappa shape index (κ2) is 14.0. The SMILES string of the molecule is CC1(C)c2ccccc2-c2ccc(N(c3cccc4c3-c3ccccc3C4(C)C)c3cccc4c3-c3ccccc3C43c4ccccc4-c4c(-c5cccc(-c6ccccc6)c5)cccc43)cc21. The molecule has 1 spiro atoms. The van der Waals surface area contributed by atoms with Crippen LogP contribution in [0.2, 0.25) is 0 Å². The van der Waals surface area contributed by atoms with Gasteiger partial charge in [0.05, 0.1) is 16.8 Å². The number of nitrogens with zero attached hydrogens (tertiary/aromatic N) is 1. The molecule has 1 heteroatoms. The third-order valence-corrected chi connectivity index (χ3v) is 16.3. The molecule has 0 saturated heterocycles. The summed E-state index contributed by atoms with van der Waals surface area (Å²) in [5.74, 6) is 0. The third kappa shape index (κ3) is 5.06. The van der Waals surface area contributed by atoms with Crippen molar-refractivity contribution in [2.24, 2.45) is 0 Å². The molecular formula is C67H49N. The molecule has 4 aliphatic carbocycles. The van der Waals surface area contributed by atoms with Gasteiger partial charge in [-0.15, -0.1) is 0 Å². The van der Waals surface area contributed by atoms with Gasteiger partial charge in [-0.25, -0.2) is 0 Å². The average molecular weight is 868 g/mol. The smallest absolute Gasteiger partial charge is 0.0726 e. The predicted octanol–water partition coefficient (Wildman–Crippen LogP) is 17.4. The van der Waals surface area contributed by atoms with Crippen LogP contribution >= 0.6 is 0 Å². The molecule has 0 fully saturated rings. The first-order valence-corrected chi connectivity index (χ1v) is 24.2. The largest absolute Gasteiger partial charge is 0.309 e. The molecule has 0 radical (unpaired) electrons. The van der Waals surface area contributed by atoms with E-state index < -0.39 is 5.41 Å². The molecule has 14 rings (SSSR count). The summed E-state index contributed by atoms with van der Waals surface area (Å²) in [5.41, 5.74) is 28.9. The summed E-state index contributed by atoms with van der Waals surface area (Å²) in [6.07, 6.45) is 0. The number of anilines is 3. The molecule has 0 heterocycles. The van der Waals surface area contributed by atoms with E-state index in [1.807, 2.05) is 0 Å². The van der Waals surface area contributed by atoms with Crippen molar-refractivity contribution in [3.05, 3.63) is 269 Å². The predicted molar refractivity (Wildman–Crippen MR) is 283 cm³/mol. The highest BCUT2D eigenvalue weighted by Gasteiger charge is 2.53. The Balaban J connectivity index is 1.05. The minimum atomic E-state index is -0.540. The zero-order valence-corrected chi connectivity index (χ0v) is 38.8. The van der Waals surface area contributed by atoms with Crippen LogP contribution in [-0.2, 0) is 16.2 Å². The molecule has 0 bridgehead atoms. The molecule has 10 aromatic carbocycles. The van der Waals surface area contributed by atoms with Gasteiger partial charge < -0.3 is 4.90 Å². The Labute approximate surface area is 399 Å². The molecule has 4 aliphatic rings. The van der Waals surface area contributed by atoms with Gasteiger partial charge in [0.15, 0.2) is 0 Å². The highest BCUT2D eigenvalue weighted by Crippen LogP contribution is 2.66. The lowest BCUT2D eigenvalue weighted by Gasteiger charge is -2.33. The molecule has 1 nitrogen and oxygen atoms in total. The van der Waals surface area contributed by atoms with Crippen LogP contribution in [0.1, 0.15) is 72.2 Å². The van der Waals surface area contributed by atoms with Crippen molar-refractivity contribution >= 4 is 17.1 Å². The van der Waals surface area contributed by atoms with Crippen LogP contribution in [0.15, 0.2) is 224 Å². The third-order valence-electron chi connectivity index (χ3n) is 16.3. The van der Waals surface area contributed by atoms with E-state index in [1.165, 1.54) is 128 Å². The minimum Gasteiger partial charge on any atom is -0.309 e. The fraction of sp³-hybridized carbons (Fsp3) is 0.104. The summed E-state index contributed by atoms with van der Waals surface area (Å²) < 4.78 is 0. The van der Waals surface area contributed by atoms with Crippen LogP contribution in [0.4, 0.5) is 17.1 Å². The molecule has 322 valence electrons. The Kier molecular flexibility index (Phi) is 8.08. The maximum Gasteiger partial charge on any atom is 0.0726 e. The van der Waals surface area contributed by atoms with Crippen molar-refractivity contribution < 1.29 is 0 Å². The number of fused-ring (bicyclic) bond motifs is 16. The van der Waals surface area contributed by atoms with E-state index in [9.17, 15) is 0 Å². The lowest BCUT2D eigenvalue weighted by molar-refractivity contribution is 0.660. The fourth-order valence-corrected chi connectivity index (χ4v) is 13.3. The molecule has 68 heavy (non-hydrogen) atoms. The van der Waals surface area contributed by atoms with Gasteiger partial charge in [-0.05, 0) is 130 Å². The first-order valence-electron chi connectivity index (χ1n) is 24.2. The van der Waals surface area contributed by atoms with Crippen molar-refractivity contribution in [2.45, 2.75) is 43.9 Å². The topological polar surface area (TPSA) is 3.24 Å². The molecule has 0 aromatic heterocycles. The summed E-state index contributed by atoms with van der Waals surface area (Å²) in [7, 11) is 0. The van der Waals surface area contributed by atoms with Gasteiger partial charge in [-0.2, -0.15) is 0 Å². The monoisotopic (exact) mass is 867 g/mol. The van der Waals surface area contributed by atoms with Crippen LogP contribution in [0.5, 0.6) is 0 Å². The average Bonchev–Trinajstić information content (AvgIpc) is 4.02. The Morgan fingerprint density at radius 1 is 0.265 bits per heavy atom. The summed E-state index contributed by atoms with van der Waals surface area (Å²) in [4.78, 5) is 2.62. The van der Waals surface area contributed by atoms with Gasteiger partial charge in [0, 0.05) is 27.6 Å². The van der Waals surface area contributed by atoms with Crippen LogP contribution < -0.4 is 4.90 Å². The molecule has 0 aliphatic heterocycles. The van der Waals surface area contributed by atoms with Crippen LogP contribution in [-0.4, -0.2) is 0 Å². The van der Waals surface area contributed by atoms with Crippen LogP contribution in [0, 0.1) is 0 Å². The maximum absolute atomic E-state index is 2.62. The van der Waals surface area contributed by atoms with Gasteiger partial charge in [0.2, 0.25) is 0 Å². The summed E-state index contributed by atoms with van der Waals surface area (Å²) >= 11 is 0. The first kappa shape index (κ1) is 39.2. The minimum absolute atomic E-state index is 0.153. The van der Waals surface area contributed by atoms with Crippen LogP contribution in [0.25, 0.3) is 66.8 Å². The van der Waals surface area contributed by atoms with E-state index in [4.69, 9.17) is 0 Å². The van der Waals surface area contributed by atoms with Crippen molar-refractivity contribution in [1.29, 1.82) is 0 Å². The van der Waals surface area contributed by atoms with Crippen molar-refractivity contribution in [2.75, 3.05) is 4.90 Å². The number of hydrogen-bond acceptors (Lipinski definition) is 1. The quantitative estimate of drug-likeness (QED) is 0.167. The Morgan fingerprint density at radius 2 is 0.691 bits per heavy atom. The zero-order chi connectivity index (χ0) is 45.5. The number of hydrogen-bond donors (Lipinski definition) is 0. The lowest BCUT2D eigenvalue weighted by Crippen LogP contribution is -2.26. The fourth-order valence-electron chi connectivity index (χ4n) is 13.3. The second-order valence-electron chi connectivity index (χ2n) is 20.3. The van der Waals surface area contributed by atoms with Crippen LogP contribution in [0.3, 0.4) is 0 Å². The standard InChI is InChI=1S/C67H49N/c1-65(2)53-30-13-9-25-49(53)63-56(65)33-18-36-60(63)68(45-38-39-48-47-24-8-12-29-52(47)66(3,4)59(48)41-45)61-37-19-35-58-64(61)51-27-11-15-32-55(51)67(58)54-31-14-10-26-50(54)62-46(28-17-34-57(62)67)44-23-16-22-43(40-44)42-20-6-5-7-21-42/h5-41H,1-4H3. The van der Waals surface area contributed by atoms with E-state index >= 15 is 0 Å². The van der Waals surface area contributed by atoms with E-state index in [0.29, 0.717) is 0 Å². The molecule has 0 amide bonds. The molecular weight excluding hydrogens is 819 g/mol. The van der Waals surface area contributed by atoms with Crippen molar-refractivity contribution in [3.63, 3.8) is 0 Å². The normalized spacial score (nSPS) is 16.5. The van der Waals surface area contributed by atoms with Gasteiger partial charge in [0.25, 0.3) is 0 Å². The van der Waals surface area contributed by atoms with E-state index in [-0.39, 0.29) is 10.8 Å². The Bertz CT molecular complexity index is 3750. The van der Waals surface area contributed by atoms with Crippen molar-refractivity contribution in [1.82, 2.24) is 0 Å². The molecule has 1 unspecified atom stereocenters. The van der Waals surface area contributed by atoms with E-state index in [2.05, 4.69) is 257 Å². The number of rotatable bonds is 5. The van der Waals surface area contributed by atoms with Crippen molar-refractivity contribution in [3.8, 4) is 66.8 Å². The summed E-state index contributed by atoms with van der Waals surface area (Å²) in [6.45, 7) is 9.57. The Hall–Kier alpha value is -8.00.